The fourth-order valence-corrected chi connectivity index (χ4v) is 1.16. The first kappa shape index (κ1) is 11.7. The fraction of sp³-hybridized carbons (Fsp3) is 0.364. The zero-order valence-electron chi connectivity index (χ0n) is 9.00. The van der Waals surface area contributed by atoms with Crippen molar-refractivity contribution in [3.05, 3.63) is 29.6 Å². The number of hydrogen-bond acceptors (Lipinski definition) is 2. The van der Waals surface area contributed by atoms with E-state index in [0.29, 0.717) is 5.69 Å². The molecule has 0 fully saturated rings. The van der Waals surface area contributed by atoms with Gasteiger partial charge < -0.3 is 10.1 Å². The molecule has 0 aliphatic heterocycles. The zero-order chi connectivity index (χ0) is 11.4. The predicted molar refractivity (Wildman–Crippen MR) is 56.2 cm³/mol. The van der Waals surface area contributed by atoms with Crippen molar-refractivity contribution < 1.29 is 13.9 Å². The van der Waals surface area contributed by atoms with E-state index in [0.717, 1.165) is 5.56 Å². The monoisotopic (exact) mass is 211 g/mol. The Balaban J connectivity index is 2.76. The first-order chi connectivity index (χ1) is 7.02. The maximum Gasteiger partial charge on any atom is 0.253 e. The molecule has 15 heavy (non-hydrogen) atoms. The van der Waals surface area contributed by atoms with Crippen LogP contribution in [0.15, 0.2) is 18.2 Å². The topological polar surface area (TPSA) is 38.3 Å². The Morgan fingerprint density at radius 1 is 1.47 bits per heavy atom. The number of aryl methyl sites for hydroxylation is 1. The number of methoxy groups -OCH3 is 1. The van der Waals surface area contributed by atoms with Gasteiger partial charge in [0.1, 0.15) is 11.9 Å². The lowest BCUT2D eigenvalue weighted by atomic mass is 10.2. The van der Waals surface area contributed by atoms with Gasteiger partial charge in [0.2, 0.25) is 0 Å². The largest absolute Gasteiger partial charge is 0.372 e. The van der Waals surface area contributed by atoms with Crippen LogP contribution in [-0.2, 0) is 9.53 Å². The van der Waals surface area contributed by atoms with Gasteiger partial charge in [-0.2, -0.15) is 0 Å². The van der Waals surface area contributed by atoms with Crippen LogP contribution in [0.1, 0.15) is 12.5 Å². The molecule has 1 unspecified atom stereocenters. The van der Waals surface area contributed by atoms with Crippen molar-refractivity contribution in [1.82, 2.24) is 0 Å². The van der Waals surface area contributed by atoms with Crippen LogP contribution in [0, 0.1) is 12.7 Å². The average Bonchev–Trinajstić information content (AvgIpc) is 2.14. The molecular formula is C11H14FNO2. The Hall–Kier alpha value is -1.42. The average molecular weight is 211 g/mol. The molecule has 1 atom stereocenters. The molecule has 3 nitrogen and oxygen atoms in total. The Morgan fingerprint density at radius 3 is 2.67 bits per heavy atom. The van der Waals surface area contributed by atoms with Gasteiger partial charge in [0.05, 0.1) is 0 Å². The van der Waals surface area contributed by atoms with E-state index in [1.54, 1.807) is 19.9 Å². The predicted octanol–water partition coefficient (Wildman–Crippen LogP) is 2.11. The molecule has 0 saturated heterocycles. The van der Waals surface area contributed by atoms with Crippen LogP contribution < -0.4 is 5.32 Å². The second-order valence-electron chi connectivity index (χ2n) is 3.38. The van der Waals surface area contributed by atoms with Gasteiger partial charge in [-0.3, -0.25) is 4.79 Å². The number of amides is 1. The van der Waals surface area contributed by atoms with Crippen molar-refractivity contribution in [3.63, 3.8) is 0 Å². The van der Waals surface area contributed by atoms with Crippen molar-refractivity contribution in [2.75, 3.05) is 12.4 Å². The highest BCUT2D eigenvalue weighted by Gasteiger charge is 2.11. The maximum atomic E-state index is 13.0. The molecule has 0 aromatic heterocycles. The molecule has 1 aromatic carbocycles. The number of rotatable bonds is 3. The van der Waals surface area contributed by atoms with Gasteiger partial charge in [-0.05, 0) is 37.6 Å². The smallest absolute Gasteiger partial charge is 0.253 e. The van der Waals surface area contributed by atoms with Crippen molar-refractivity contribution in [2.45, 2.75) is 20.0 Å². The highest BCUT2D eigenvalue weighted by atomic mass is 19.1. The molecule has 0 radical (unpaired) electrons. The summed E-state index contributed by atoms with van der Waals surface area (Å²) in [5.41, 5.74) is 1.21. The third-order valence-electron chi connectivity index (χ3n) is 2.03. The number of halogens is 1. The summed E-state index contributed by atoms with van der Waals surface area (Å²) in [5.74, 6) is -0.655. The van der Waals surface area contributed by atoms with E-state index in [-0.39, 0.29) is 11.7 Å². The molecule has 0 bridgehead atoms. The van der Waals surface area contributed by atoms with Gasteiger partial charge in [-0.1, -0.05) is 0 Å². The lowest BCUT2D eigenvalue weighted by molar-refractivity contribution is -0.124. The summed E-state index contributed by atoms with van der Waals surface area (Å²) < 4.78 is 17.8. The highest BCUT2D eigenvalue weighted by Crippen LogP contribution is 2.13. The van der Waals surface area contributed by atoms with E-state index in [1.807, 2.05) is 0 Å². The third-order valence-corrected chi connectivity index (χ3v) is 2.03. The van der Waals surface area contributed by atoms with Gasteiger partial charge in [-0.25, -0.2) is 4.39 Å². The van der Waals surface area contributed by atoms with E-state index < -0.39 is 6.10 Å². The van der Waals surface area contributed by atoms with E-state index in [1.165, 1.54) is 19.2 Å². The molecule has 1 amide bonds. The number of carbonyl (C=O) groups excluding carboxylic acids is 1. The number of anilines is 1. The van der Waals surface area contributed by atoms with Crippen LogP contribution in [0.3, 0.4) is 0 Å². The first-order valence-electron chi connectivity index (χ1n) is 4.64. The number of carbonyl (C=O) groups is 1. The number of benzene rings is 1. The molecule has 0 heterocycles. The number of hydrogen-bond donors (Lipinski definition) is 1. The van der Waals surface area contributed by atoms with Gasteiger partial charge in [-0.15, -0.1) is 0 Å². The van der Waals surface area contributed by atoms with Crippen LogP contribution in [0.2, 0.25) is 0 Å². The first-order valence-corrected chi connectivity index (χ1v) is 4.64. The zero-order valence-corrected chi connectivity index (χ0v) is 9.00. The maximum absolute atomic E-state index is 13.0. The van der Waals surface area contributed by atoms with E-state index in [2.05, 4.69) is 5.32 Å². The summed E-state index contributed by atoms with van der Waals surface area (Å²) >= 11 is 0. The molecule has 1 N–H and O–H groups in total. The second kappa shape index (κ2) is 4.89. The Kier molecular flexibility index (Phi) is 3.80. The van der Waals surface area contributed by atoms with E-state index >= 15 is 0 Å². The Bertz CT molecular complexity index is 345. The summed E-state index contributed by atoms with van der Waals surface area (Å²) in [4.78, 5) is 11.4. The second-order valence-corrected chi connectivity index (χ2v) is 3.38. The molecule has 0 spiro atoms. The van der Waals surface area contributed by atoms with Crippen molar-refractivity contribution in [3.8, 4) is 0 Å². The normalized spacial score (nSPS) is 12.3. The van der Waals surface area contributed by atoms with Crippen LogP contribution in [0.4, 0.5) is 10.1 Å². The van der Waals surface area contributed by atoms with Gasteiger partial charge in [0, 0.05) is 12.8 Å². The molecular weight excluding hydrogens is 197 g/mol. The van der Waals surface area contributed by atoms with Gasteiger partial charge in [0.25, 0.3) is 5.91 Å². The van der Waals surface area contributed by atoms with Crippen molar-refractivity contribution in [1.29, 1.82) is 0 Å². The van der Waals surface area contributed by atoms with Gasteiger partial charge in [0.15, 0.2) is 0 Å². The Morgan fingerprint density at radius 2 is 2.13 bits per heavy atom. The molecule has 0 saturated carbocycles. The minimum Gasteiger partial charge on any atom is -0.372 e. The van der Waals surface area contributed by atoms with Crippen LogP contribution >= 0.6 is 0 Å². The minimum atomic E-state index is -0.548. The third kappa shape index (κ3) is 3.32. The quantitative estimate of drug-likeness (QED) is 0.831. The lowest BCUT2D eigenvalue weighted by Crippen LogP contribution is -2.26. The molecule has 1 aromatic rings. The molecule has 82 valence electrons. The molecule has 4 heteroatoms. The van der Waals surface area contributed by atoms with E-state index in [4.69, 9.17) is 4.74 Å². The highest BCUT2D eigenvalue weighted by molar-refractivity contribution is 5.93. The minimum absolute atomic E-state index is 0.289. The number of ether oxygens (including phenoxy) is 1. The van der Waals surface area contributed by atoms with Crippen LogP contribution in [0.5, 0.6) is 0 Å². The SMILES string of the molecule is COC(C)C(=O)Nc1cc(C)cc(F)c1. The summed E-state index contributed by atoms with van der Waals surface area (Å²) in [7, 11) is 1.45. The molecule has 0 aliphatic rings. The summed E-state index contributed by atoms with van der Waals surface area (Å²) in [5, 5.41) is 2.57. The van der Waals surface area contributed by atoms with Crippen LogP contribution in [-0.4, -0.2) is 19.1 Å². The van der Waals surface area contributed by atoms with Gasteiger partial charge >= 0.3 is 0 Å². The molecule has 0 aliphatic carbocycles. The Labute approximate surface area is 88.2 Å². The van der Waals surface area contributed by atoms with Crippen molar-refractivity contribution in [2.24, 2.45) is 0 Å². The lowest BCUT2D eigenvalue weighted by Gasteiger charge is -2.10. The van der Waals surface area contributed by atoms with Crippen molar-refractivity contribution >= 4 is 11.6 Å². The standard InChI is InChI=1S/C11H14FNO2/c1-7-4-9(12)6-10(5-7)13-11(14)8(2)15-3/h4-6,8H,1-3H3,(H,13,14). The number of nitrogens with one attached hydrogen (secondary N) is 1. The van der Waals surface area contributed by atoms with E-state index in [9.17, 15) is 9.18 Å². The summed E-state index contributed by atoms with van der Waals surface area (Å²) in [6.07, 6.45) is -0.548. The summed E-state index contributed by atoms with van der Waals surface area (Å²) in [6, 6.07) is 4.37. The molecule has 1 rings (SSSR count). The van der Waals surface area contributed by atoms with Crippen LogP contribution in [0.25, 0.3) is 0 Å². The fourth-order valence-electron chi connectivity index (χ4n) is 1.16. The summed E-state index contributed by atoms with van der Waals surface area (Å²) in [6.45, 7) is 3.39.